The summed E-state index contributed by atoms with van der Waals surface area (Å²) in [6.07, 6.45) is 8.11. The number of anilines is 2. The van der Waals surface area contributed by atoms with Crippen LogP contribution in [0.1, 0.15) is 57.4 Å². The number of nitrogen functional groups attached to an aromatic ring is 1. The number of hydrogen-bond acceptors (Lipinski definition) is 6. The molecule has 1 aliphatic carbocycles. The molecule has 30 heavy (non-hydrogen) atoms. The van der Waals surface area contributed by atoms with Gasteiger partial charge >= 0.3 is 0 Å². The summed E-state index contributed by atoms with van der Waals surface area (Å²) in [5.74, 6) is 1.26. The number of pyridine rings is 2. The summed E-state index contributed by atoms with van der Waals surface area (Å²) in [4.78, 5) is 38.5. The maximum absolute atomic E-state index is 12.9. The van der Waals surface area contributed by atoms with Gasteiger partial charge in [0.15, 0.2) is 0 Å². The van der Waals surface area contributed by atoms with E-state index in [4.69, 9.17) is 5.73 Å². The molecule has 1 saturated heterocycles. The molecule has 1 amide bonds. The maximum atomic E-state index is 12.9. The predicted molar refractivity (Wildman–Crippen MR) is 121 cm³/mol. The van der Waals surface area contributed by atoms with Gasteiger partial charge in [-0.05, 0) is 43.5 Å². The monoisotopic (exact) mass is 411 g/mol. The topological polar surface area (TPSA) is 92.4 Å². The molecule has 7 heteroatoms. The molecule has 0 radical (unpaired) electrons. The zero-order chi connectivity index (χ0) is 20.9. The average molecular weight is 412 g/mol. The van der Waals surface area contributed by atoms with Gasteiger partial charge in [0.05, 0.1) is 5.56 Å². The molecule has 2 aliphatic rings. The molecular formula is C23H33N5O2. The number of nitrogens with zero attached hydrogens (tertiary/aromatic N) is 4. The lowest BCUT2D eigenvalue weighted by atomic mass is 9.88. The highest BCUT2D eigenvalue weighted by Gasteiger charge is 2.27. The van der Waals surface area contributed by atoms with Crippen LogP contribution in [0.15, 0.2) is 36.5 Å². The standard InChI is InChI=1S/C23H29N5O2.2H2/c24-22-18(9-5-12-25-22)21(29)19-10-4-11-20(26-19)27-13-6-14-28(16-15-27)23(30)17-7-2-1-3-8-17;;/h4-5,9-12,17H,1-3,6-8,13-16H2,(H2,24,25);2*1H. The van der Waals surface area contributed by atoms with Crippen LogP contribution in [-0.2, 0) is 4.79 Å². The van der Waals surface area contributed by atoms with Gasteiger partial charge in [-0.3, -0.25) is 9.59 Å². The summed E-state index contributed by atoms with van der Waals surface area (Å²) in [7, 11) is 0. The number of carbonyl (C=O) groups is 2. The third-order valence-corrected chi connectivity index (χ3v) is 6.14. The Morgan fingerprint density at radius 1 is 0.967 bits per heavy atom. The highest BCUT2D eigenvalue weighted by molar-refractivity contribution is 6.10. The van der Waals surface area contributed by atoms with Crippen molar-refractivity contribution in [1.82, 2.24) is 14.9 Å². The van der Waals surface area contributed by atoms with Crippen LogP contribution < -0.4 is 10.6 Å². The van der Waals surface area contributed by atoms with Crippen LogP contribution in [0.3, 0.4) is 0 Å². The lowest BCUT2D eigenvalue weighted by Gasteiger charge is -2.28. The largest absolute Gasteiger partial charge is 0.383 e. The van der Waals surface area contributed by atoms with Gasteiger partial charge in [0.25, 0.3) is 0 Å². The van der Waals surface area contributed by atoms with Crippen LogP contribution in [0.5, 0.6) is 0 Å². The minimum Gasteiger partial charge on any atom is -0.383 e. The predicted octanol–water partition coefficient (Wildman–Crippen LogP) is 3.40. The first-order chi connectivity index (χ1) is 14.6. The number of amides is 1. The molecular weight excluding hydrogens is 378 g/mol. The lowest BCUT2D eigenvalue weighted by molar-refractivity contribution is -0.136. The van der Waals surface area contributed by atoms with Crippen LogP contribution in [-0.4, -0.2) is 52.7 Å². The van der Waals surface area contributed by atoms with Gasteiger partial charge in [-0.1, -0.05) is 25.3 Å². The molecule has 3 heterocycles. The Morgan fingerprint density at radius 2 is 1.80 bits per heavy atom. The summed E-state index contributed by atoms with van der Waals surface area (Å²) in [5.41, 5.74) is 6.57. The van der Waals surface area contributed by atoms with E-state index >= 15 is 0 Å². The van der Waals surface area contributed by atoms with E-state index < -0.39 is 0 Å². The van der Waals surface area contributed by atoms with E-state index in [1.807, 2.05) is 17.0 Å². The molecule has 0 aromatic carbocycles. The van der Waals surface area contributed by atoms with Gasteiger partial charge < -0.3 is 15.5 Å². The van der Waals surface area contributed by atoms with Crippen LogP contribution >= 0.6 is 0 Å². The van der Waals surface area contributed by atoms with Crippen molar-refractivity contribution in [3.05, 3.63) is 47.8 Å². The van der Waals surface area contributed by atoms with E-state index in [-0.39, 0.29) is 20.4 Å². The van der Waals surface area contributed by atoms with E-state index in [1.165, 1.54) is 19.3 Å². The molecule has 2 aromatic rings. The molecule has 162 valence electrons. The second-order valence-corrected chi connectivity index (χ2v) is 8.15. The lowest BCUT2D eigenvalue weighted by Crippen LogP contribution is -2.39. The van der Waals surface area contributed by atoms with Crippen molar-refractivity contribution in [3.63, 3.8) is 0 Å². The molecule has 0 spiro atoms. The molecule has 2 N–H and O–H groups in total. The first-order valence-corrected chi connectivity index (χ1v) is 10.9. The highest BCUT2D eigenvalue weighted by Crippen LogP contribution is 2.26. The average Bonchev–Trinajstić information content (AvgIpc) is 3.05. The van der Waals surface area contributed by atoms with Gasteiger partial charge in [-0.25, -0.2) is 9.97 Å². The van der Waals surface area contributed by atoms with Crippen LogP contribution in [0, 0.1) is 5.92 Å². The Labute approximate surface area is 180 Å². The second kappa shape index (κ2) is 9.24. The highest BCUT2D eigenvalue weighted by atomic mass is 16.2. The van der Waals surface area contributed by atoms with Crippen molar-refractivity contribution in [1.29, 1.82) is 0 Å². The third-order valence-electron chi connectivity index (χ3n) is 6.14. The SMILES string of the molecule is Nc1ncccc1C(=O)c1cccc(N2CCCN(C(=O)C3CCCCC3)CC2)n1.[HH].[HH]. The van der Waals surface area contributed by atoms with Crippen molar-refractivity contribution in [2.75, 3.05) is 36.8 Å². The summed E-state index contributed by atoms with van der Waals surface area (Å²) in [6, 6.07) is 8.83. The van der Waals surface area contributed by atoms with Crippen molar-refractivity contribution in [3.8, 4) is 0 Å². The second-order valence-electron chi connectivity index (χ2n) is 8.15. The number of carbonyl (C=O) groups excluding carboxylic acids is 2. The minimum atomic E-state index is -0.230. The maximum Gasteiger partial charge on any atom is 0.225 e. The van der Waals surface area contributed by atoms with Gasteiger partial charge in [0, 0.05) is 41.1 Å². The fourth-order valence-corrected chi connectivity index (χ4v) is 4.45. The van der Waals surface area contributed by atoms with Crippen molar-refractivity contribution >= 4 is 23.3 Å². The van der Waals surface area contributed by atoms with Gasteiger partial charge in [0.2, 0.25) is 11.7 Å². The van der Waals surface area contributed by atoms with Gasteiger partial charge in [-0.2, -0.15) is 0 Å². The molecule has 0 bridgehead atoms. The summed E-state index contributed by atoms with van der Waals surface area (Å²) >= 11 is 0. The van der Waals surface area contributed by atoms with Crippen molar-refractivity contribution < 1.29 is 12.4 Å². The first-order valence-electron chi connectivity index (χ1n) is 10.9. The molecule has 1 saturated carbocycles. The fourth-order valence-electron chi connectivity index (χ4n) is 4.45. The number of aromatic nitrogens is 2. The first kappa shape index (κ1) is 20.3. The molecule has 0 atom stereocenters. The zero-order valence-electron chi connectivity index (χ0n) is 17.3. The summed E-state index contributed by atoms with van der Waals surface area (Å²) in [6.45, 7) is 3.02. The third kappa shape index (κ3) is 4.45. The smallest absolute Gasteiger partial charge is 0.225 e. The normalized spacial score (nSPS) is 18.1. The Balaban J connectivity index is 0.00000181. The van der Waals surface area contributed by atoms with E-state index in [0.29, 0.717) is 23.7 Å². The summed E-state index contributed by atoms with van der Waals surface area (Å²) < 4.78 is 0. The Bertz CT molecular complexity index is 921. The zero-order valence-corrected chi connectivity index (χ0v) is 17.3. The van der Waals surface area contributed by atoms with E-state index in [1.54, 1.807) is 24.4 Å². The van der Waals surface area contributed by atoms with Crippen LogP contribution in [0.4, 0.5) is 11.6 Å². The number of hydrogen-bond donors (Lipinski definition) is 1. The molecule has 1 aliphatic heterocycles. The molecule has 4 rings (SSSR count). The number of rotatable bonds is 4. The minimum absolute atomic E-state index is 0. The van der Waals surface area contributed by atoms with Crippen molar-refractivity contribution in [2.45, 2.75) is 38.5 Å². The van der Waals surface area contributed by atoms with E-state index in [9.17, 15) is 9.59 Å². The number of ketones is 1. The Hall–Kier alpha value is -2.96. The van der Waals surface area contributed by atoms with Gasteiger partial charge in [-0.15, -0.1) is 0 Å². The number of nitrogens with two attached hydrogens (primary N) is 1. The quantitative estimate of drug-likeness (QED) is 0.775. The molecule has 7 nitrogen and oxygen atoms in total. The molecule has 2 fully saturated rings. The van der Waals surface area contributed by atoms with Gasteiger partial charge in [0.1, 0.15) is 17.3 Å². The van der Waals surface area contributed by atoms with E-state index in [2.05, 4.69) is 14.9 Å². The Morgan fingerprint density at radius 3 is 2.60 bits per heavy atom. The van der Waals surface area contributed by atoms with Crippen LogP contribution in [0.25, 0.3) is 0 Å². The molecule has 2 aromatic heterocycles. The van der Waals surface area contributed by atoms with Crippen molar-refractivity contribution in [2.24, 2.45) is 5.92 Å². The van der Waals surface area contributed by atoms with E-state index in [0.717, 1.165) is 44.7 Å². The Kier molecular flexibility index (Phi) is 6.26. The molecule has 0 unspecified atom stereocenters. The fraction of sp³-hybridized carbons (Fsp3) is 0.478. The van der Waals surface area contributed by atoms with Crippen LogP contribution in [0.2, 0.25) is 0 Å². The summed E-state index contributed by atoms with van der Waals surface area (Å²) in [5, 5.41) is 0.